The van der Waals surface area contributed by atoms with E-state index in [9.17, 15) is 0 Å². The second-order valence-corrected chi connectivity index (χ2v) is 5.00. The molecule has 0 aromatic carbocycles. The van der Waals surface area contributed by atoms with Gasteiger partial charge in [0.05, 0.1) is 0 Å². The van der Waals surface area contributed by atoms with Crippen LogP contribution in [0.15, 0.2) is 0 Å². The molecule has 2 heterocycles. The minimum Gasteiger partial charge on any atom is -0.338 e. The summed E-state index contributed by atoms with van der Waals surface area (Å²) in [6, 6.07) is 0.277. The Morgan fingerprint density at radius 2 is 2.12 bits per heavy atom. The van der Waals surface area contributed by atoms with Crippen LogP contribution in [0.4, 0.5) is 5.95 Å². The zero-order valence-electron chi connectivity index (χ0n) is 9.52. The zero-order chi connectivity index (χ0) is 11.0. The number of nitrogens with zero attached hydrogens (tertiary/aromatic N) is 3. The van der Waals surface area contributed by atoms with Crippen LogP contribution in [0.3, 0.4) is 0 Å². The maximum atomic E-state index is 5.96. The lowest BCUT2D eigenvalue weighted by Crippen LogP contribution is -2.43. The predicted octanol–water partition coefficient (Wildman–Crippen LogP) is 1.000. The molecule has 1 atom stereocenters. The Kier molecular flexibility index (Phi) is 2.55. The monoisotopic (exact) mass is 221 g/mol. The van der Waals surface area contributed by atoms with Crippen molar-refractivity contribution in [3.63, 3.8) is 0 Å². The van der Waals surface area contributed by atoms with Gasteiger partial charge in [-0.3, -0.25) is 5.10 Å². The zero-order valence-corrected chi connectivity index (χ0v) is 9.52. The number of piperidine rings is 1. The average Bonchev–Trinajstić information content (AvgIpc) is 2.64. The summed E-state index contributed by atoms with van der Waals surface area (Å²) in [5, 5.41) is 7.39. The van der Waals surface area contributed by atoms with E-state index in [4.69, 9.17) is 5.73 Å². The van der Waals surface area contributed by atoms with Gasteiger partial charge in [-0.05, 0) is 25.7 Å². The molecule has 2 aliphatic rings. The third kappa shape index (κ3) is 1.80. The molecule has 2 fully saturated rings. The minimum atomic E-state index is 0.277. The second kappa shape index (κ2) is 4.05. The number of H-pyrrole nitrogens is 1. The maximum Gasteiger partial charge on any atom is 0.244 e. The van der Waals surface area contributed by atoms with Gasteiger partial charge in [0.15, 0.2) is 0 Å². The Hall–Kier alpha value is -1.10. The van der Waals surface area contributed by atoms with Crippen LogP contribution in [0.1, 0.15) is 43.8 Å². The molecule has 1 unspecified atom stereocenters. The Labute approximate surface area is 95.4 Å². The summed E-state index contributed by atoms with van der Waals surface area (Å²) in [5.41, 5.74) is 5.96. The summed E-state index contributed by atoms with van der Waals surface area (Å²) in [4.78, 5) is 6.80. The van der Waals surface area contributed by atoms with E-state index in [1.54, 1.807) is 0 Å². The van der Waals surface area contributed by atoms with Gasteiger partial charge in [0, 0.05) is 25.0 Å². The van der Waals surface area contributed by atoms with Crippen molar-refractivity contribution < 1.29 is 0 Å². The first kappa shape index (κ1) is 10.1. The van der Waals surface area contributed by atoms with Gasteiger partial charge in [-0.25, -0.2) is 0 Å². The van der Waals surface area contributed by atoms with E-state index in [-0.39, 0.29) is 6.04 Å². The number of nitrogens with one attached hydrogen (secondary N) is 1. The molecule has 1 aliphatic carbocycles. The van der Waals surface area contributed by atoms with E-state index in [1.165, 1.54) is 19.3 Å². The van der Waals surface area contributed by atoms with Gasteiger partial charge in [-0.2, -0.15) is 4.98 Å². The van der Waals surface area contributed by atoms with Crippen molar-refractivity contribution in [3.05, 3.63) is 5.82 Å². The summed E-state index contributed by atoms with van der Waals surface area (Å²) in [6.45, 7) is 1.93. The first-order valence-corrected chi connectivity index (χ1v) is 6.26. The third-order valence-corrected chi connectivity index (χ3v) is 3.72. The van der Waals surface area contributed by atoms with Crippen molar-refractivity contribution in [2.45, 2.75) is 44.1 Å². The number of anilines is 1. The second-order valence-electron chi connectivity index (χ2n) is 5.00. The molecular weight excluding hydrogens is 202 g/mol. The molecule has 1 saturated carbocycles. The first-order valence-electron chi connectivity index (χ1n) is 6.26. The van der Waals surface area contributed by atoms with Crippen LogP contribution in [0.5, 0.6) is 0 Å². The molecule has 16 heavy (non-hydrogen) atoms. The fourth-order valence-corrected chi connectivity index (χ4v) is 2.46. The minimum absolute atomic E-state index is 0.277. The number of aromatic nitrogens is 3. The fraction of sp³-hybridized carbons (Fsp3) is 0.818. The van der Waals surface area contributed by atoms with Crippen molar-refractivity contribution in [3.8, 4) is 0 Å². The van der Waals surface area contributed by atoms with E-state index in [2.05, 4.69) is 20.1 Å². The first-order chi connectivity index (χ1) is 7.83. The molecule has 5 nitrogen and oxygen atoms in total. The van der Waals surface area contributed by atoms with E-state index >= 15 is 0 Å². The molecule has 1 aromatic rings. The topological polar surface area (TPSA) is 70.8 Å². The molecule has 5 heteroatoms. The standard InChI is InChI=1S/C11H19N5/c12-9-5-2-6-16(7-9)11-13-10(14-15-11)8-3-1-4-8/h8-9H,1-7,12H2,(H,13,14,15). The molecule has 0 spiro atoms. The van der Waals surface area contributed by atoms with Crippen molar-refractivity contribution in [1.82, 2.24) is 15.2 Å². The van der Waals surface area contributed by atoms with Gasteiger partial charge in [-0.15, -0.1) is 5.10 Å². The SMILES string of the molecule is NC1CCCN(c2n[nH]c(C3CCC3)n2)C1. The summed E-state index contributed by atoms with van der Waals surface area (Å²) in [5.74, 6) is 2.54. The molecule has 1 aromatic heterocycles. The van der Waals surface area contributed by atoms with Crippen LogP contribution in [0.2, 0.25) is 0 Å². The highest BCUT2D eigenvalue weighted by Gasteiger charge is 2.25. The number of aromatic amines is 1. The quantitative estimate of drug-likeness (QED) is 0.781. The van der Waals surface area contributed by atoms with Crippen LogP contribution in [0, 0.1) is 0 Å². The van der Waals surface area contributed by atoms with Crippen LogP contribution in [0.25, 0.3) is 0 Å². The van der Waals surface area contributed by atoms with Crippen LogP contribution >= 0.6 is 0 Å². The number of hydrogen-bond donors (Lipinski definition) is 2. The summed E-state index contributed by atoms with van der Waals surface area (Å²) in [7, 11) is 0. The van der Waals surface area contributed by atoms with Gasteiger partial charge in [0.1, 0.15) is 5.82 Å². The highest BCUT2D eigenvalue weighted by molar-refractivity contribution is 5.30. The van der Waals surface area contributed by atoms with E-state index < -0.39 is 0 Å². The lowest BCUT2D eigenvalue weighted by Gasteiger charge is -2.29. The van der Waals surface area contributed by atoms with Crippen molar-refractivity contribution >= 4 is 5.95 Å². The van der Waals surface area contributed by atoms with E-state index in [1.807, 2.05) is 0 Å². The summed E-state index contributed by atoms with van der Waals surface area (Å²) in [6.07, 6.45) is 6.11. The normalized spacial score (nSPS) is 26.8. The molecular formula is C11H19N5. The lowest BCUT2D eigenvalue weighted by molar-refractivity contribution is 0.402. The van der Waals surface area contributed by atoms with Crippen LogP contribution < -0.4 is 10.6 Å². The molecule has 0 amide bonds. The molecule has 88 valence electrons. The Bertz CT molecular complexity index is 357. The third-order valence-electron chi connectivity index (χ3n) is 3.72. The number of nitrogens with two attached hydrogens (primary N) is 1. The number of hydrogen-bond acceptors (Lipinski definition) is 4. The van der Waals surface area contributed by atoms with Crippen molar-refractivity contribution in [2.75, 3.05) is 18.0 Å². The largest absolute Gasteiger partial charge is 0.338 e. The average molecular weight is 221 g/mol. The lowest BCUT2D eigenvalue weighted by atomic mass is 9.85. The molecule has 3 rings (SSSR count). The molecule has 3 N–H and O–H groups in total. The van der Waals surface area contributed by atoms with E-state index in [0.717, 1.165) is 37.7 Å². The van der Waals surface area contributed by atoms with Gasteiger partial charge < -0.3 is 10.6 Å². The summed E-state index contributed by atoms with van der Waals surface area (Å²) >= 11 is 0. The Morgan fingerprint density at radius 1 is 1.25 bits per heavy atom. The molecule has 1 aliphatic heterocycles. The van der Waals surface area contributed by atoms with E-state index in [0.29, 0.717) is 5.92 Å². The highest BCUT2D eigenvalue weighted by Crippen LogP contribution is 2.34. The summed E-state index contributed by atoms with van der Waals surface area (Å²) < 4.78 is 0. The molecule has 0 radical (unpaired) electrons. The van der Waals surface area contributed by atoms with Gasteiger partial charge in [0.25, 0.3) is 0 Å². The molecule has 0 bridgehead atoms. The van der Waals surface area contributed by atoms with Gasteiger partial charge in [-0.1, -0.05) is 6.42 Å². The number of rotatable bonds is 2. The van der Waals surface area contributed by atoms with Crippen LogP contribution in [-0.4, -0.2) is 34.3 Å². The fourth-order valence-electron chi connectivity index (χ4n) is 2.46. The maximum absolute atomic E-state index is 5.96. The Morgan fingerprint density at radius 3 is 2.81 bits per heavy atom. The van der Waals surface area contributed by atoms with Crippen molar-refractivity contribution in [2.24, 2.45) is 5.73 Å². The van der Waals surface area contributed by atoms with Gasteiger partial charge >= 0.3 is 0 Å². The highest BCUT2D eigenvalue weighted by atomic mass is 15.4. The smallest absolute Gasteiger partial charge is 0.244 e. The van der Waals surface area contributed by atoms with Gasteiger partial charge in [0.2, 0.25) is 5.95 Å². The predicted molar refractivity (Wildman–Crippen MR) is 62.4 cm³/mol. The van der Waals surface area contributed by atoms with Crippen LogP contribution in [-0.2, 0) is 0 Å². The Balaban J connectivity index is 1.70. The molecule has 1 saturated heterocycles. The van der Waals surface area contributed by atoms with Crippen molar-refractivity contribution in [1.29, 1.82) is 0 Å².